The van der Waals surface area contributed by atoms with Gasteiger partial charge in [0.1, 0.15) is 0 Å². The molecule has 0 bridgehead atoms. The van der Waals surface area contributed by atoms with Gasteiger partial charge in [0.25, 0.3) is 0 Å². The van der Waals surface area contributed by atoms with E-state index in [9.17, 15) is 4.79 Å². The quantitative estimate of drug-likeness (QED) is 0.554. The third-order valence-corrected chi connectivity index (χ3v) is 3.83. The van der Waals surface area contributed by atoms with E-state index in [1.807, 2.05) is 31.2 Å². The molecule has 0 fully saturated rings. The molecule has 0 aliphatic heterocycles. The fraction of sp³-hybridized carbons (Fsp3) is 0.318. The van der Waals surface area contributed by atoms with Crippen LogP contribution in [0.4, 0.5) is 0 Å². The van der Waals surface area contributed by atoms with E-state index in [0.717, 1.165) is 11.1 Å². The molecular weight excluding hydrogens is 296 g/mol. The van der Waals surface area contributed by atoms with Crippen LogP contribution in [-0.4, -0.2) is 12.6 Å². The zero-order chi connectivity index (χ0) is 17.6. The minimum atomic E-state index is -0.184. The van der Waals surface area contributed by atoms with Crippen LogP contribution in [-0.2, 0) is 21.4 Å². The molecule has 0 unspecified atom stereocenters. The lowest BCUT2D eigenvalue weighted by Gasteiger charge is -2.19. The van der Waals surface area contributed by atoms with Crippen LogP contribution in [0.1, 0.15) is 49.9 Å². The van der Waals surface area contributed by atoms with Gasteiger partial charge in [-0.2, -0.15) is 0 Å². The molecule has 2 rings (SSSR count). The second-order valence-corrected chi connectivity index (χ2v) is 6.94. The number of esters is 1. The van der Waals surface area contributed by atoms with Gasteiger partial charge in [-0.1, -0.05) is 81.5 Å². The normalized spacial score (nSPS) is 11.7. The third kappa shape index (κ3) is 5.38. The molecule has 0 aromatic heterocycles. The molecule has 0 N–H and O–H groups in total. The Balaban J connectivity index is 2.13. The molecule has 0 saturated carbocycles. The van der Waals surface area contributed by atoms with E-state index in [2.05, 4.69) is 57.2 Å². The zero-order valence-electron chi connectivity index (χ0n) is 15.0. The maximum Gasteiger partial charge on any atom is 0.310 e. The van der Waals surface area contributed by atoms with Crippen molar-refractivity contribution in [1.82, 2.24) is 0 Å². The third-order valence-electron chi connectivity index (χ3n) is 3.83. The van der Waals surface area contributed by atoms with Crippen molar-refractivity contribution >= 4 is 18.1 Å². The second kappa shape index (κ2) is 7.96. The van der Waals surface area contributed by atoms with Crippen molar-refractivity contribution < 1.29 is 9.53 Å². The van der Waals surface area contributed by atoms with Crippen LogP contribution in [0, 0.1) is 0 Å². The number of rotatable bonds is 5. The van der Waals surface area contributed by atoms with Crippen molar-refractivity contribution in [3.63, 3.8) is 0 Å². The van der Waals surface area contributed by atoms with Crippen LogP contribution in [0.2, 0.25) is 0 Å². The van der Waals surface area contributed by atoms with E-state index in [1.54, 1.807) is 0 Å². The van der Waals surface area contributed by atoms with Gasteiger partial charge >= 0.3 is 5.97 Å². The summed E-state index contributed by atoms with van der Waals surface area (Å²) in [6.45, 7) is 8.89. The lowest BCUT2D eigenvalue weighted by atomic mass is 9.86. The van der Waals surface area contributed by atoms with Gasteiger partial charge in [0, 0.05) is 0 Å². The molecule has 2 aromatic carbocycles. The van der Waals surface area contributed by atoms with Crippen LogP contribution in [0.3, 0.4) is 0 Å². The summed E-state index contributed by atoms with van der Waals surface area (Å²) < 4.78 is 5.00. The fourth-order valence-electron chi connectivity index (χ4n) is 2.49. The van der Waals surface area contributed by atoms with Crippen LogP contribution >= 0.6 is 0 Å². The smallest absolute Gasteiger partial charge is 0.310 e. The number of carbonyl (C=O) groups is 1. The van der Waals surface area contributed by atoms with Crippen molar-refractivity contribution in [1.29, 1.82) is 0 Å². The van der Waals surface area contributed by atoms with Crippen LogP contribution in [0.25, 0.3) is 12.2 Å². The number of benzene rings is 2. The minimum absolute atomic E-state index is 0.142. The number of ether oxygens (including phenoxy) is 1. The summed E-state index contributed by atoms with van der Waals surface area (Å²) in [5, 5.41) is 0. The summed E-state index contributed by atoms with van der Waals surface area (Å²) in [5.41, 5.74) is 4.69. The molecule has 0 radical (unpaired) electrons. The summed E-state index contributed by atoms with van der Waals surface area (Å²) in [6, 6.07) is 16.6. The average Bonchev–Trinajstić information content (AvgIpc) is 2.53. The first-order chi connectivity index (χ1) is 11.4. The fourth-order valence-corrected chi connectivity index (χ4v) is 2.49. The summed E-state index contributed by atoms with van der Waals surface area (Å²) in [7, 11) is 0. The van der Waals surface area contributed by atoms with Gasteiger partial charge in [-0.15, -0.1) is 0 Å². The highest BCUT2D eigenvalue weighted by Crippen LogP contribution is 2.23. The van der Waals surface area contributed by atoms with Gasteiger partial charge in [-0.25, -0.2) is 0 Å². The maximum atomic E-state index is 11.6. The summed E-state index contributed by atoms with van der Waals surface area (Å²) in [6.07, 6.45) is 4.50. The molecule has 2 nitrogen and oxygen atoms in total. The SMILES string of the molecule is CCOC(=O)Cc1cccc(C=Cc2cccc(C(C)(C)C)c2)c1. The van der Waals surface area contributed by atoms with E-state index in [1.165, 1.54) is 11.1 Å². The Kier molecular flexibility index (Phi) is 5.97. The van der Waals surface area contributed by atoms with Crippen LogP contribution in [0.15, 0.2) is 48.5 Å². The molecule has 126 valence electrons. The molecular formula is C22H26O2. The average molecular weight is 322 g/mol. The Morgan fingerprint density at radius 2 is 1.62 bits per heavy atom. The molecule has 0 atom stereocenters. The zero-order valence-corrected chi connectivity index (χ0v) is 15.0. The van der Waals surface area contributed by atoms with Gasteiger partial charge in [-0.3, -0.25) is 4.79 Å². The Morgan fingerprint density at radius 1 is 1.00 bits per heavy atom. The lowest BCUT2D eigenvalue weighted by molar-refractivity contribution is -0.142. The molecule has 0 saturated heterocycles. The van der Waals surface area contributed by atoms with E-state index in [0.29, 0.717) is 13.0 Å². The van der Waals surface area contributed by atoms with Gasteiger partial charge < -0.3 is 4.74 Å². The van der Waals surface area contributed by atoms with Crippen LogP contribution < -0.4 is 0 Å². The van der Waals surface area contributed by atoms with Crippen molar-refractivity contribution in [2.24, 2.45) is 0 Å². The molecule has 0 aliphatic carbocycles. The Labute approximate surface area is 145 Å². The predicted octanol–water partition coefficient (Wildman–Crippen LogP) is 5.26. The van der Waals surface area contributed by atoms with Crippen LogP contribution in [0.5, 0.6) is 0 Å². The molecule has 0 heterocycles. The highest BCUT2D eigenvalue weighted by atomic mass is 16.5. The Hall–Kier alpha value is -2.35. The Bertz CT molecular complexity index is 721. The van der Waals surface area contributed by atoms with Crippen molar-refractivity contribution in [3.05, 3.63) is 70.8 Å². The molecule has 24 heavy (non-hydrogen) atoms. The molecule has 0 spiro atoms. The highest BCUT2D eigenvalue weighted by molar-refractivity contribution is 5.74. The summed E-state index contributed by atoms with van der Waals surface area (Å²) >= 11 is 0. The second-order valence-electron chi connectivity index (χ2n) is 6.94. The van der Waals surface area contributed by atoms with E-state index in [-0.39, 0.29) is 11.4 Å². The van der Waals surface area contributed by atoms with E-state index < -0.39 is 0 Å². The predicted molar refractivity (Wildman–Crippen MR) is 101 cm³/mol. The van der Waals surface area contributed by atoms with Gasteiger partial charge in [0.05, 0.1) is 13.0 Å². The monoisotopic (exact) mass is 322 g/mol. The number of carbonyl (C=O) groups excluding carboxylic acids is 1. The lowest BCUT2D eigenvalue weighted by Crippen LogP contribution is -2.10. The van der Waals surface area contributed by atoms with Crippen molar-refractivity contribution in [2.45, 2.75) is 39.5 Å². The van der Waals surface area contributed by atoms with Gasteiger partial charge in [0.2, 0.25) is 0 Å². The van der Waals surface area contributed by atoms with Gasteiger partial charge in [-0.05, 0) is 34.6 Å². The first-order valence-corrected chi connectivity index (χ1v) is 8.41. The molecule has 2 heteroatoms. The standard InChI is InChI=1S/C22H26O2/c1-5-24-21(23)16-19-10-6-8-17(14-19)12-13-18-9-7-11-20(15-18)22(2,3)4/h6-15H,5,16H2,1-4H3. The minimum Gasteiger partial charge on any atom is -0.466 e. The van der Waals surface area contributed by atoms with E-state index in [4.69, 9.17) is 4.74 Å². The van der Waals surface area contributed by atoms with Crippen molar-refractivity contribution in [2.75, 3.05) is 6.61 Å². The molecule has 2 aromatic rings. The summed E-state index contributed by atoms with van der Waals surface area (Å²) in [4.78, 5) is 11.6. The number of hydrogen-bond donors (Lipinski definition) is 0. The van der Waals surface area contributed by atoms with Crippen molar-refractivity contribution in [3.8, 4) is 0 Å². The number of hydrogen-bond acceptors (Lipinski definition) is 2. The van der Waals surface area contributed by atoms with E-state index >= 15 is 0 Å². The topological polar surface area (TPSA) is 26.3 Å². The highest BCUT2D eigenvalue weighted by Gasteiger charge is 2.12. The molecule has 0 amide bonds. The molecule has 0 aliphatic rings. The maximum absolute atomic E-state index is 11.6. The first-order valence-electron chi connectivity index (χ1n) is 8.41. The van der Waals surface area contributed by atoms with Gasteiger partial charge in [0.15, 0.2) is 0 Å². The largest absolute Gasteiger partial charge is 0.466 e. The first kappa shape index (κ1) is 18.0. The summed E-state index contributed by atoms with van der Waals surface area (Å²) in [5.74, 6) is -0.184. The Morgan fingerprint density at radius 3 is 2.25 bits per heavy atom.